The number of allylic oxidation sites excluding steroid dienone is 6. The highest BCUT2D eigenvalue weighted by molar-refractivity contribution is 5.82. The number of cyclic esters (lactones) is 1. The van der Waals surface area contributed by atoms with Crippen LogP contribution in [0.25, 0.3) is 0 Å². The smallest absolute Gasteiger partial charge is 0.330 e. The number of carboxylic acid groups (broad SMARTS) is 1. The summed E-state index contributed by atoms with van der Waals surface area (Å²) in [6.07, 6.45) is 3.57. The first kappa shape index (κ1) is 38.4. The number of fused-ring (bicyclic) bond motifs is 1. The van der Waals surface area contributed by atoms with Gasteiger partial charge in [-0.25, -0.2) is 4.79 Å². The van der Waals surface area contributed by atoms with Gasteiger partial charge in [-0.2, -0.15) is 0 Å². The molecule has 8 N–H and O–H groups in total. The quantitative estimate of drug-likeness (QED) is 0.155. The molecule has 2 saturated heterocycles. The lowest BCUT2D eigenvalue weighted by atomic mass is 9.88. The molecule has 262 valence electrons. The third-order valence-electron chi connectivity index (χ3n) is 8.05. The Labute approximate surface area is 273 Å². The van der Waals surface area contributed by atoms with E-state index >= 15 is 0 Å². The first-order valence-electron chi connectivity index (χ1n) is 15.7. The molecule has 14 nitrogen and oxygen atoms in total. The number of aliphatic hydroxyl groups is 5. The Morgan fingerprint density at radius 1 is 0.872 bits per heavy atom. The van der Waals surface area contributed by atoms with Crippen molar-refractivity contribution in [1.29, 1.82) is 0 Å². The predicted molar refractivity (Wildman–Crippen MR) is 166 cm³/mol. The molecule has 3 rings (SSSR count). The van der Waals surface area contributed by atoms with Crippen molar-refractivity contribution in [1.82, 2.24) is 0 Å². The molecule has 0 aromatic carbocycles. The van der Waals surface area contributed by atoms with Crippen LogP contribution >= 0.6 is 0 Å². The fourth-order valence-electron chi connectivity index (χ4n) is 5.33. The number of hydrogen-bond acceptors (Lipinski definition) is 13. The van der Waals surface area contributed by atoms with Gasteiger partial charge in [-0.15, -0.1) is 0 Å². The lowest BCUT2D eigenvalue weighted by molar-refractivity contribution is -0.277. The molecule has 3 aliphatic heterocycles. The summed E-state index contributed by atoms with van der Waals surface area (Å²) < 4.78 is 22.2. The Kier molecular flexibility index (Phi) is 15.1. The number of rotatable bonds is 3. The van der Waals surface area contributed by atoms with Gasteiger partial charge >= 0.3 is 11.9 Å². The molecule has 3 heterocycles. The zero-order valence-corrected chi connectivity index (χ0v) is 26.4. The van der Waals surface area contributed by atoms with E-state index in [4.69, 9.17) is 24.7 Å². The molecule has 3 aliphatic rings. The maximum atomic E-state index is 12.6. The Morgan fingerprint density at radius 2 is 1.55 bits per heavy atom. The van der Waals surface area contributed by atoms with Crippen LogP contribution in [0.3, 0.4) is 0 Å². The number of esters is 1. The monoisotopic (exact) mass is 665 g/mol. The highest BCUT2D eigenvalue weighted by Crippen LogP contribution is 2.29. The van der Waals surface area contributed by atoms with Crippen molar-refractivity contribution in [2.24, 2.45) is 11.7 Å². The molecule has 0 bridgehead atoms. The SMILES string of the molecule is C[C@@H]1CC=CC=CC=CC=C[C@H](O[C@@H]2O[C@H](C)[C@@H](O)[C@H](N)[C@@H]2O)C[C@H](O)[C@H](C(=O)O)[C@H](O)CC(=O)C[C@H](O)C[C@@H]2O[C@H]2C=CC(=O)O1. The van der Waals surface area contributed by atoms with Gasteiger partial charge in [0.1, 0.15) is 30.0 Å². The minimum absolute atomic E-state index is 0.0692. The van der Waals surface area contributed by atoms with Crippen molar-refractivity contribution >= 4 is 17.7 Å². The van der Waals surface area contributed by atoms with E-state index in [0.29, 0.717) is 6.42 Å². The van der Waals surface area contributed by atoms with Gasteiger partial charge in [0.2, 0.25) is 0 Å². The van der Waals surface area contributed by atoms with Crippen molar-refractivity contribution in [2.75, 3.05) is 0 Å². The fraction of sp³-hybridized carbons (Fsp3) is 0.606. The third kappa shape index (κ3) is 12.5. The Balaban J connectivity index is 1.79. The summed E-state index contributed by atoms with van der Waals surface area (Å²) in [7, 11) is 0. The van der Waals surface area contributed by atoms with E-state index in [-0.39, 0.29) is 25.4 Å². The number of aliphatic hydroxyl groups excluding tert-OH is 5. The second kappa shape index (κ2) is 18.5. The minimum Gasteiger partial charge on any atom is -0.481 e. The highest BCUT2D eigenvalue weighted by atomic mass is 16.7. The van der Waals surface area contributed by atoms with Gasteiger partial charge in [0.15, 0.2) is 6.29 Å². The van der Waals surface area contributed by atoms with Crippen LogP contribution in [0.1, 0.15) is 46.0 Å². The van der Waals surface area contributed by atoms with E-state index < -0.39 is 97.3 Å². The number of ketones is 1. The van der Waals surface area contributed by atoms with Crippen LogP contribution in [-0.4, -0.2) is 122 Å². The number of ether oxygens (including phenoxy) is 4. The van der Waals surface area contributed by atoms with Gasteiger partial charge in [0.25, 0.3) is 0 Å². The molecule has 0 aromatic rings. The zero-order chi connectivity index (χ0) is 34.7. The minimum atomic E-state index is -1.80. The van der Waals surface area contributed by atoms with Crippen molar-refractivity contribution < 1.29 is 64.0 Å². The van der Waals surface area contributed by atoms with Crippen molar-refractivity contribution in [3.8, 4) is 0 Å². The number of carboxylic acids is 1. The Bertz CT molecular complexity index is 1200. The summed E-state index contributed by atoms with van der Waals surface area (Å²) in [5.41, 5.74) is 5.91. The number of epoxide rings is 1. The average Bonchev–Trinajstić information content (AvgIpc) is 3.72. The van der Waals surface area contributed by atoms with Crippen LogP contribution in [-0.2, 0) is 33.3 Å². The second-order valence-corrected chi connectivity index (χ2v) is 12.1. The number of nitrogens with two attached hydrogens (primary N) is 1. The molecule has 0 spiro atoms. The fourth-order valence-corrected chi connectivity index (χ4v) is 5.33. The van der Waals surface area contributed by atoms with Crippen LogP contribution < -0.4 is 5.73 Å². The van der Waals surface area contributed by atoms with E-state index in [9.17, 15) is 45.0 Å². The maximum Gasteiger partial charge on any atom is 0.330 e. The molecule has 14 heteroatoms. The van der Waals surface area contributed by atoms with E-state index in [1.165, 1.54) is 25.2 Å². The summed E-state index contributed by atoms with van der Waals surface area (Å²) in [5, 5.41) is 62.6. The first-order valence-corrected chi connectivity index (χ1v) is 15.7. The number of carbonyl (C=O) groups excluding carboxylic acids is 2. The van der Waals surface area contributed by atoms with Crippen molar-refractivity contribution in [3.63, 3.8) is 0 Å². The standard InChI is InChI=1S/C33H47NO13/c1-18-10-8-6-4-3-5-7-9-11-22(46-33-31(41)29(34)30(40)19(2)45-33)17-24(38)28(32(42)43)23(37)15-20(35)14-21(36)16-26-25(47-26)12-13-27(39)44-18/h3-9,11-13,18-19,21-26,28-31,33,36-38,40-41H,10,14-17,34H2,1-2H3,(H,42,43)/t18-,19-,21+,22+,23-,24+,25+,26+,28-,29+,30-,31+,33+/m1/s1. The molecule has 0 aliphatic carbocycles. The molecule has 13 atom stereocenters. The number of Topliss-reactive ketones (excluding diaryl/α,β-unsaturated/α-hetero) is 1. The summed E-state index contributed by atoms with van der Waals surface area (Å²) in [4.78, 5) is 36.9. The summed E-state index contributed by atoms with van der Waals surface area (Å²) in [5.74, 6) is -4.54. The van der Waals surface area contributed by atoms with Crippen LogP contribution in [0.4, 0.5) is 0 Å². The maximum absolute atomic E-state index is 12.6. The van der Waals surface area contributed by atoms with Gasteiger partial charge in [-0.1, -0.05) is 48.6 Å². The van der Waals surface area contributed by atoms with E-state index in [2.05, 4.69) is 0 Å². The largest absolute Gasteiger partial charge is 0.481 e. The summed E-state index contributed by atoms with van der Waals surface area (Å²) in [6.45, 7) is 3.29. The van der Waals surface area contributed by atoms with E-state index in [1.54, 1.807) is 43.4 Å². The normalized spacial score (nSPS) is 40.0. The number of carbonyl (C=O) groups is 3. The molecular weight excluding hydrogens is 618 g/mol. The Hall–Kier alpha value is -3.05. The summed E-state index contributed by atoms with van der Waals surface area (Å²) in [6, 6.07) is -1.10. The molecular formula is C33H47NO13. The molecule has 0 radical (unpaired) electrons. The molecule has 0 amide bonds. The van der Waals surface area contributed by atoms with Crippen LogP contribution in [0, 0.1) is 5.92 Å². The predicted octanol–water partition coefficient (Wildman–Crippen LogP) is -0.0377. The van der Waals surface area contributed by atoms with E-state index in [0.717, 1.165) is 0 Å². The van der Waals surface area contributed by atoms with Crippen molar-refractivity contribution in [3.05, 3.63) is 60.8 Å². The first-order chi connectivity index (χ1) is 22.3. The number of hydrogen-bond donors (Lipinski definition) is 7. The zero-order valence-electron chi connectivity index (χ0n) is 26.4. The van der Waals surface area contributed by atoms with Crippen LogP contribution in [0.5, 0.6) is 0 Å². The molecule has 0 unspecified atom stereocenters. The van der Waals surface area contributed by atoms with Crippen LogP contribution in [0.2, 0.25) is 0 Å². The topological polar surface area (TPSA) is 239 Å². The summed E-state index contributed by atoms with van der Waals surface area (Å²) >= 11 is 0. The van der Waals surface area contributed by atoms with Gasteiger partial charge < -0.3 is 55.3 Å². The Morgan fingerprint density at radius 3 is 2.26 bits per heavy atom. The van der Waals surface area contributed by atoms with Crippen molar-refractivity contribution in [2.45, 2.75) is 119 Å². The molecule has 0 aromatic heterocycles. The third-order valence-corrected chi connectivity index (χ3v) is 8.05. The lowest BCUT2D eigenvalue weighted by Gasteiger charge is -2.41. The highest BCUT2D eigenvalue weighted by Gasteiger charge is 2.43. The second-order valence-electron chi connectivity index (χ2n) is 12.1. The average molecular weight is 666 g/mol. The number of aliphatic carboxylic acids is 1. The van der Waals surface area contributed by atoms with Crippen LogP contribution in [0.15, 0.2) is 60.8 Å². The van der Waals surface area contributed by atoms with Gasteiger partial charge in [-0.05, 0) is 19.9 Å². The van der Waals surface area contributed by atoms with Gasteiger partial charge in [-0.3, -0.25) is 9.59 Å². The van der Waals surface area contributed by atoms with Gasteiger partial charge in [0, 0.05) is 38.2 Å². The molecule has 47 heavy (non-hydrogen) atoms. The van der Waals surface area contributed by atoms with Gasteiger partial charge in [0.05, 0.1) is 48.8 Å². The molecule has 0 saturated carbocycles. The van der Waals surface area contributed by atoms with E-state index in [1.807, 2.05) is 6.08 Å². The molecule has 2 fully saturated rings. The lowest BCUT2D eigenvalue weighted by Crippen LogP contribution is -2.61.